The maximum atomic E-state index is 4.59. The molecule has 0 spiro atoms. The molecule has 2 aliphatic carbocycles. The number of rotatable bonds is 7. The van der Waals surface area contributed by atoms with Gasteiger partial charge in [0.15, 0.2) is 0 Å². The SMILES string of the molecule is CCCNc1ncc(Br)c(NC(C2CC2)C2CC2)n1. The van der Waals surface area contributed by atoms with Crippen LogP contribution in [0.1, 0.15) is 39.0 Å². The minimum Gasteiger partial charge on any atom is -0.366 e. The van der Waals surface area contributed by atoms with Crippen molar-refractivity contribution >= 4 is 27.7 Å². The van der Waals surface area contributed by atoms with Gasteiger partial charge in [-0.2, -0.15) is 4.98 Å². The monoisotopic (exact) mass is 324 g/mol. The van der Waals surface area contributed by atoms with Crippen LogP contribution in [0.25, 0.3) is 0 Å². The van der Waals surface area contributed by atoms with Crippen LogP contribution in [0.15, 0.2) is 10.7 Å². The molecule has 0 radical (unpaired) electrons. The van der Waals surface area contributed by atoms with Crippen LogP contribution in [0.3, 0.4) is 0 Å². The number of halogens is 1. The van der Waals surface area contributed by atoms with Crippen molar-refractivity contribution in [3.63, 3.8) is 0 Å². The van der Waals surface area contributed by atoms with Crippen molar-refractivity contribution in [2.75, 3.05) is 17.2 Å². The van der Waals surface area contributed by atoms with Gasteiger partial charge in [0.05, 0.1) is 4.47 Å². The molecular weight excluding hydrogens is 304 g/mol. The Morgan fingerprint density at radius 2 is 2.00 bits per heavy atom. The molecule has 4 nitrogen and oxygen atoms in total. The summed E-state index contributed by atoms with van der Waals surface area (Å²) in [6.07, 6.45) is 8.41. The van der Waals surface area contributed by atoms with E-state index in [0.717, 1.165) is 41.0 Å². The predicted octanol–water partition coefficient (Wildman–Crippen LogP) is 3.66. The normalized spacial score (nSPS) is 18.7. The van der Waals surface area contributed by atoms with Gasteiger partial charge in [-0.3, -0.25) is 0 Å². The first-order valence-corrected chi connectivity index (χ1v) is 8.10. The fraction of sp³-hybridized carbons (Fsp3) is 0.714. The summed E-state index contributed by atoms with van der Waals surface area (Å²) in [4.78, 5) is 8.89. The highest BCUT2D eigenvalue weighted by Crippen LogP contribution is 2.46. The van der Waals surface area contributed by atoms with E-state index in [1.165, 1.54) is 25.7 Å². The summed E-state index contributed by atoms with van der Waals surface area (Å²) < 4.78 is 0.959. The number of anilines is 2. The number of hydrogen-bond donors (Lipinski definition) is 2. The molecule has 104 valence electrons. The molecule has 2 N–H and O–H groups in total. The molecule has 0 saturated heterocycles. The molecule has 0 unspecified atom stereocenters. The lowest BCUT2D eigenvalue weighted by molar-refractivity contribution is 0.565. The molecule has 3 rings (SSSR count). The van der Waals surface area contributed by atoms with Gasteiger partial charge in [-0.05, 0) is 59.9 Å². The summed E-state index contributed by atoms with van der Waals surface area (Å²) in [5.41, 5.74) is 0. The molecule has 0 atom stereocenters. The van der Waals surface area contributed by atoms with Crippen molar-refractivity contribution in [3.05, 3.63) is 10.7 Å². The van der Waals surface area contributed by atoms with Crippen LogP contribution < -0.4 is 10.6 Å². The summed E-state index contributed by atoms with van der Waals surface area (Å²) in [5, 5.41) is 6.89. The zero-order valence-corrected chi connectivity index (χ0v) is 12.9. The third-order valence-electron chi connectivity index (χ3n) is 3.84. The third kappa shape index (κ3) is 3.38. The van der Waals surface area contributed by atoms with Crippen LogP contribution in [-0.2, 0) is 0 Å². The lowest BCUT2D eigenvalue weighted by Crippen LogP contribution is -2.25. The van der Waals surface area contributed by atoms with Crippen LogP contribution >= 0.6 is 15.9 Å². The first-order valence-electron chi connectivity index (χ1n) is 7.31. The lowest BCUT2D eigenvalue weighted by Gasteiger charge is -2.19. The molecular formula is C14H21BrN4. The minimum absolute atomic E-state index is 0.616. The Morgan fingerprint density at radius 1 is 1.32 bits per heavy atom. The Kier molecular flexibility index (Phi) is 3.91. The second-order valence-corrected chi connectivity index (χ2v) is 6.52. The van der Waals surface area contributed by atoms with Crippen molar-refractivity contribution in [2.24, 2.45) is 11.8 Å². The quantitative estimate of drug-likeness (QED) is 0.803. The average Bonchev–Trinajstić information content (AvgIpc) is 3.28. The van der Waals surface area contributed by atoms with E-state index in [2.05, 4.69) is 43.5 Å². The van der Waals surface area contributed by atoms with Gasteiger partial charge in [-0.1, -0.05) is 6.92 Å². The first kappa shape index (κ1) is 13.2. The van der Waals surface area contributed by atoms with E-state index in [-0.39, 0.29) is 0 Å². The predicted molar refractivity (Wildman–Crippen MR) is 81.4 cm³/mol. The van der Waals surface area contributed by atoms with Gasteiger partial charge in [0, 0.05) is 18.8 Å². The molecule has 19 heavy (non-hydrogen) atoms. The Balaban J connectivity index is 1.70. The molecule has 2 fully saturated rings. The van der Waals surface area contributed by atoms with E-state index in [0.29, 0.717) is 6.04 Å². The first-order chi connectivity index (χ1) is 9.28. The summed E-state index contributed by atoms with van der Waals surface area (Å²) in [7, 11) is 0. The third-order valence-corrected chi connectivity index (χ3v) is 4.42. The van der Waals surface area contributed by atoms with E-state index in [4.69, 9.17) is 0 Å². The zero-order valence-electron chi connectivity index (χ0n) is 11.3. The zero-order chi connectivity index (χ0) is 13.2. The maximum Gasteiger partial charge on any atom is 0.224 e. The summed E-state index contributed by atoms with van der Waals surface area (Å²) in [5.74, 6) is 3.39. The smallest absolute Gasteiger partial charge is 0.224 e. The highest BCUT2D eigenvalue weighted by molar-refractivity contribution is 9.10. The molecule has 0 bridgehead atoms. The topological polar surface area (TPSA) is 49.8 Å². The molecule has 2 aliphatic rings. The molecule has 1 aromatic rings. The Bertz CT molecular complexity index is 431. The van der Waals surface area contributed by atoms with Gasteiger partial charge in [-0.25, -0.2) is 4.98 Å². The minimum atomic E-state index is 0.616. The highest BCUT2D eigenvalue weighted by atomic mass is 79.9. The summed E-state index contributed by atoms with van der Waals surface area (Å²) in [6, 6.07) is 0.616. The fourth-order valence-corrected chi connectivity index (χ4v) is 2.78. The van der Waals surface area contributed by atoms with Crippen molar-refractivity contribution < 1.29 is 0 Å². The van der Waals surface area contributed by atoms with E-state index < -0.39 is 0 Å². The van der Waals surface area contributed by atoms with Gasteiger partial charge in [0.25, 0.3) is 0 Å². The van der Waals surface area contributed by atoms with Gasteiger partial charge in [0.1, 0.15) is 5.82 Å². The van der Waals surface area contributed by atoms with Crippen molar-refractivity contribution in [1.82, 2.24) is 9.97 Å². The van der Waals surface area contributed by atoms with Crippen LogP contribution in [0.4, 0.5) is 11.8 Å². The second-order valence-electron chi connectivity index (χ2n) is 5.66. The van der Waals surface area contributed by atoms with Gasteiger partial charge >= 0.3 is 0 Å². The number of aromatic nitrogens is 2. The molecule has 0 amide bonds. The molecule has 2 saturated carbocycles. The lowest BCUT2D eigenvalue weighted by atomic mass is 10.1. The Labute approximate surface area is 122 Å². The molecule has 1 heterocycles. The fourth-order valence-electron chi connectivity index (χ4n) is 2.48. The molecule has 1 aromatic heterocycles. The van der Waals surface area contributed by atoms with E-state index >= 15 is 0 Å². The van der Waals surface area contributed by atoms with Crippen LogP contribution in [-0.4, -0.2) is 22.6 Å². The standard InChI is InChI=1S/C14H21BrN4/c1-2-7-16-14-17-8-11(15)13(19-14)18-12(9-3-4-9)10-5-6-10/h8-10,12H,2-7H2,1H3,(H2,16,17,18,19). The van der Waals surface area contributed by atoms with Gasteiger partial charge in [0.2, 0.25) is 5.95 Å². The van der Waals surface area contributed by atoms with Gasteiger partial charge < -0.3 is 10.6 Å². The van der Waals surface area contributed by atoms with Crippen LogP contribution in [0.5, 0.6) is 0 Å². The molecule has 0 aromatic carbocycles. The number of nitrogens with zero attached hydrogens (tertiary/aromatic N) is 2. The highest BCUT2D eigenvalue weighted by Gasteiger charge is 2.41. The summed E-state index contributed by atoms with van der Waals surface area (Å²) in [6.45, 7) is 3.05. The van der Waals surface area contributed by atoms with Crippen molar-refractivity contribution in [1.29, 1.82) is 0 Å². The molecule has 0 aliphatic heterocycles. The summed E-state index contributed by atoms with van der Waals surface area (Å²) >= 11 is 3.55. The largest absolute Gasteiger partial charge is 0.366 e. The van der Waals surface area contributed by atoms with E-state index in [9.17, 15) is 0 Å². The van der Waals surface area contributed by atoms with E-state index in [1.807, 2.05) is 6.20 Å². The van der Waals surface area contributed by atoms with Crippen LogP contribution in [0.2, 0.25) is 0 Å². The Hall–Kier alpha value is -0.840. The van der Waals surface area contributed by atoms with Crippen molar-refractivity contribution in [3.8, 4) is 0 Å². The second kappa shape index (κ2) is 5.65. The average molecular weight is 325 g/mol. The number of hydrogen-bond acceptors (Lipinski definition) is 4. The van der Waals surface area contributed by atoms with Gasteiger partial charge in [-0.15, -0.1) is 0 Å². The maximum absolute atomic E-state index is 4.59. The number of nitrogens with one attached hydrogen (secondary N) is 2. The molecule has 5 heteroatoms. The van der Waals surface area contributed by atoms with E-state index in [1.54, 1.807) is 0 Å². The van der Waals surface area contributed by atoms with Crippen molar-refractivity contribution in [2.45, 2.75) is 45.1 Å². The Morgan fingerprint density at radius 3 is 2.58 bits per heavy atom. The van der Waals surface area contributed by atoms with Crippen LogP contribution in [0, 0.1) is 11.8 Å².